The maximum absolute atomic E-state index is 5.93. The second-order valence-electron chi connectivity index (χ2n) is 5.70. The summed E-state index contributed by atoms with van der Waals surface area (Å²) in [5, 5.41) is 4.83. The fraction of sp³-hybridized carbons (Fsp3) is 0.500. The van der Waals surface area contributed by atoms with Gasteiger partial charge < -0.3 is 9.73 Å². The van der Waals surface area contributed by atoms with Crippen LogP contribution in [0.15, 0.2) is 33.2 Å². The Kier molecular flexibility index (Phi) is 3.68. The Hall–Kier alpha value is -0.800. The van der Waals surface area contributed by atoms with E-state index in [1.807, 2.05) is 12.1 Å². The monoisotopic (exact) mass is 321 g/mol. The molecule has 1 aromatic carbocycles. The minimum atomic E-state index is 0.266. The number of furan rings is 1. The van der Waals surface area contributed by atoms with Crippen molar-refractivity contribution in [1.29, 1.82) is 0 Å². The molecule has 19 heavy (non-hydrogen) atoms. The number of hydrogen-bond acceptors (Lipinski definition) is 2. The average Bonchev–Trinajstić information content (AvgIpc) is 2.69. The maximum atomic E-state index is 5.93. The molecule has 2 atom stereocenters. The van der Waals surface area contributed by atoms with Crippen LogP contribution in [0.4, 0.5) is 0 Å². The van der Waals surface area contributed by atoms with Crippen LogP contribution in [-0.2, 0) is 0 Å². The summed E-state index contributed by atoms with van der Waals surface area (Å²) in [5.41, 5.74) is 0.961. The van der Waals surface area contributed by atoms with E-state index in [4.69, 9.17) is 4.42 Å². The SMILES string of the molecule is CC(NC(C)C1CCC1)c1cc2cc(Br)ccc2o1. The van der Waals surface area contributed by atoms with Gasteiger partial charge in [0, 0.05) is 15.9 Å². The first kappa shape index (κ1) is 13.2. The number of fused-ring (bicyclic) bond motifs is 1. The lowest BCUT2D eigenvalue weighted by molar-refractivity contribution is 0.224. The lowest BCUT2D eigenvalue weighted by Gasteiger charge is -2.33. The molecule has 0 saturated heterocycles. The minimum Gasteiger partial charge on any atom is -0.459 e. The molecule has 3 heteroatoms. The summed E-state index contributed by atoms with van der Waals surface area (Å²) in [6.07, 6.45) is 4.13. The third kappa shape index (κ3) is 2.72. The Morgan fingerprint density at radius 2 is 2.05 bits per heavy atom. The summed E-state index contributed by atoms with van der Waals surface area (Å²) < 4.78 is 7.03. The second-order valence-corrected chi connectivity index (χ2v) is 6.61. The topological polar surface area (TPSA) is 25.2 Å². The van der Waals surface area contributed by atoms with Crippen LogP contribution in [0.25, 0.3) is 11.0 Å². The van der Waals surface area contributed by atoms with E-state index in [1.165, 1.54) is 19.3 Å². The zero-order valence-corrected chi connectivity index (χ0v) is 13.0. The number of nitrogens with one attached hydrogen (secondary N) is 1. The Morgan fingerprint density at radius 1 is 1.26 bits per heavy atom. The summed E-state index contributed by atoms with van der Waals surface area (Å²) in [7, 11) is 0. The fourth-order valence-electron chi connectivity index (χ4n) is 2.80. The van der Waals surface area contributed by atoms with Crippen molar-refractivity contribution in [3.05, 3.63) is 34.5 Å². The molecule has 0 amide bonds. The van der Waals surface area contributed by atoms with E-state index < -0.39 is 0 Å². The van der Waals surface area contributed by atoms with E-state index in [0.29, 0.717) is 6.04 Å². The van der Waals surface area contributed by atoms with Crippen LogP contribution in [0.3, 0.4) is 0 Å². The predicted molar refractivity (Wildman–Crippen MR) is 82.3 cm³/mol. The van der Waals surface area contributed by atoms with E-state index >= 15 is 0 Å². The van der Waals surface area contributed by atoms with Crippen molar-refractivity contribution in [3.8, 4) is 0 Å². The normalized spacial score (nSPS) is 19.3. The highest BCUT2D eigenvalue weighted by molar-refractivity contribution is 9.10. The van der Waals surface area contributed by atoms with Crippen molar-refractivity contribution < 1.29 is 4.42 Å². The smallest absolute Gasteiger partial charge is 0.134 e. The lowest BCUT2D eigenvalue weighted by Crippen LogP contribution is -2.38. The van der Waals surface area contributed by atoms with E-state index in [-0.39, 0.29) is 6.04 Å². The predicted octanol–water partition coefficient (Wildman–Crippen LogP) is 5.03. The zero-order chi connectivity index (χ0) is 13.4. The molecule has 1 saturated carbocycles. The third-order valence-electron chi connectivity index (χ3n) is 4.29. The fourth-order valence-corrected chi connectivity index (χ4v) is 3.18. The van der Waals surface area contributed by atoms with Crippen LogP contribution >= 0.6 is 15.9 Å². The molecule has 0 bridgehead atoms. The molecule has 1 N–H and O–H groups in total. The molecular weight excluding hydrogens is 302 g/mol. The van der Waals surface area contributed by atoms with E-state index in [2.05, 4.69) is 47.2 Å². The molecular formula is C16H20BrNO. The highest BCUT2D eigenvalue weighted by atomic mass is 79.9. The largest absolute Gasteiger partial charge is 0.459 e. The first-order valence-electron chi connectivity index (χ1n) is 7.08. The number of benzene rings is 1. The van der Waals surface area contributed by atoms with Crippen molar-refractivity contribution in [3.63, 3.8) is 0 Å². The summed E-state index contributed by atoms with van der Waals surface area (Å²) in [5.74, 6) is 1.88. The Balaban J connectivity index is 1.75. The standard InChI is InChI=1S/C16H20BrNO/c1-10(12-4-3-5-12)18-11(2)16-9-13-8-14(17)6-7-15(13)19-16/h6-12,18H,3-5H2,1-2H3. The molecule has 2 unspecified atom stereocenters. The number of hydrogen-bond donors (Lipinski definition) is 1. The van der Waals surface area contributed by atoms with Gasteiger partial charge in [-0.15, -0.1) is 0 Å². The van der Waals surface area contributed by atoms with Gasteiger partial charge in [0.2, 0.25) is 0 Å². The minimum absolute atomic E-state index is 0.266. The van der Waals surface area contributed by atoms with Gasteiger partial charge in [0.05, 0.1) is 6.04 Å². The molecule has 1 fully saturated rings. The Bertz CT molecular complexity index is 573. The highest BCUT2D eigenvalue weighted by Crippen LogP contribution is 2.31. The first-order valence-corrected chi connectivity index (χ1v) is 7.88. The maximum Gasteiger partial charge on any atom is 0.134 e. The van der Waals surface area contributed by atoms with Gasteiger partial charge in [-0.05, 0) is 56.9 Å². The third-order valence-corrected chi connectivity index (χ3v) is 4.79. The van der Waals surface area contributed by atoms with Gasteiger partial charge in [0.25, 0.3) is 0 Å². The van der Waals surface area contributed by atoms with E-state index in [1.54, 1.807) is 0 Å². The first-order chi connectivity index (χ1) is 9.13. The molecule has 2 nitrogen and oxygen atoms in total. The number of halogens is 1. The van der Waals surface area contributed by atoms with Crippen LogP contribution in [0.1, 0.15) is 44.9 Å². The summed E-state index contributed by atoms with van der Waals surface area (Å²) in [6.45, 7) is 4.47. The van der Waals surface area contributed by atoms with Gasteiger partial charge in [0.1, 0.15) is 11.3 Å². The van der Waals surface area contributed by atoms with Gasteiger partial charge >= 0.3 is 0 Å². The van der Waals surface area contributed by atoms with Gasteiger partial charge in [-0.2, -0.15) is 0 Å². The quantitative estimate of drug-likeness (QED) is 0.853. The molecule has 1 aliphatic carbocycles. The van der Waals surface area contributed by atoms with Crippen molar-refractivity contribution in [2.75, 3.05) is 0 Å². The van der Waals surface area contributed by atoms with Gasteiger partial charge in [-0.25, -0.2) is 0 Å². The van der Waals surface area contributed by atoms with Crippen molar-refractivity contribution >= 4 is 26.9 Å². The van der Waals surface area contributed by atoms with Crippen LogP contribution in [0, 0.1) is 5.92 Å². The summed E-state index contributed by atoms with van der Waals surface area (Å²) in [6, 6.07) is 9.12. The molecule has 0 aliphatic heterocycles. The molecule has 2 aromatic rings. The second kappa shape index (κ2) is 5.29. The van der Waals surface area contributed by atoms with E-state index in [9.17, 15) is 0 Å². The zero-order valence-electron chi connectivity index (χ0n) is 11.4. The number of rotatable bonds is 4. The Morgan fingerprint density at radius 3 is 2.74 bits per heavy atom. The van der Waals surface area contributed by atoms with Crippen LogP contribution in [0.5, 0.6) is 0 Å². The van der Waals surface area contributed by atoms with Gasteiger partial charge in [0.15, 0.2) is 0 Å². The lowest BCUT2D eigenvalue weighted by atomic mass is 9.80. The summed E-state index contributed by atoms with van der Waals surface area (Å²) >= 11 is 3.50. The van der Waals surface area contributed by atoms with Crippen molar-refractivity contribution in [2.24, 2.45) is 5.92 Å². The van der Waals surface area contributed by atoms with Crippen molar-refractivity contribution in [1.82, 2.24) is 5.32 Å². The molecule has 0 spiro atoms. The van der Waals surface area contributed by atoms with Crippen LogP contribution in [-0.4, -0.2) is 6.04 Å². The molecule has 1 aliphatic rings. The van der Waals surface area contributed by atoms with Gasteiger partial charge in [-0.3, -0.25) is 0 Å². The van der Waals surface area contributed by atoms with Crippen LogP contribution in [0.2, 0.25) is 0 Å². The molecule has 102 valence electrons. The van der Waals surface area contributed by atoms with Crippen LogP contribution < -0.4 is 5.32 Å². The highest BCUT2D eigenvalue weighted by Gasteiger charge is 2.25. The average molecular weight is 322 g/mol. The molecule has 3 rings (SSSR count). The molecule has 1 heterocycles. The molecule has 0 radical (unpaired) electrons. The van der Waals surface area contributed by atoms with Gasteiger partial charge in [-0.1, -0.05) is 22.4 Å². The van der Waals surface area contributed by atoms with E-state index in [0.717, 1.165) is 27.1 Å². The Labute approximate surface area is 122 Å². The van der Waals surface area contributed by atoms with Crippen molar-refractivity contribution in [2.45, 2.75) is 45.2 Å². The summed E-state index contributed by atoms with van der Waals surface area (Å²) in [4.78, 5) is 0. The molecule has 1 aromatic heterocycles.